The Bertz CT molecular complexity index is 216. The smallest absolute Gasteiger partial charge is 0.219 e. The zero-order chi connectivity index (χ0) is 11.1. The van der Waals surface area contributed by atoms with Gasteiger partial charge in [-0.1, -0.05) is 6.08 Å². The van der Waals surface area contributed by atoms with Crippen LogP contribution >= 0.6 is 0 Å². The van der Waals surface area contributed by atoms with Crippen molar-refractivity contribution in [3.05, 3.63) is 12.7 Å². The molecule has 0 saturated carbocycles. The number of carbonyl (C=O) groups excluding carboxylic acids is 1. The van der Waals surface area contributed by atoms with E-state index in [0.29, 0.717) is 12.3 Å². The van der Waals surface area contributed by atoms with Crippen molar-refractivity contribution in [2.75, 3.05) is 26.7 Å². The molecule has 1 N–H and O–H groups in total. The minimum atomic E-state index is 0.163. The summed E-state index contributed by atoms with van der Waals surface area (Å²) in [6, 6.07) is 0. The van der Waals surface area contributed by atoms with Gasteiger partial charge in [-0.25, -0.2) is 0 Å². The Morgan fingerprint density at radius 2 is 2.47 bits per heavy atom. The van der Waals surface area contributed by atoms with Crippen LogP contribution in [0.2, 0.25) is 0 Å². The van der Waals surface area contributed by atoms with E-state index in [1.54, 1.807) is 7.05 Å². The van der Waals surface area contributed by atoms with Crippen molar-refractivity contribution in [3.63, 3.8) is 0 Å². The maximum Gasteiger partial charge on any atom is 0.219 e. The summed E-state index contributed by atoms with van der Waals surface area (Å²) in [5.41, 5.74) is 0. The van der Waals surface area contributed by atoms with Crippen LogP contribution < -0.4 is 5.32 Å². The molecule has 1 unspecified atom stereocenters. The van der Waals surface area contributed by atoms with Crippen LogP contribution in [0.25, 0.3) is 0 Å². The molecule has 1 amide bonds. The molecule has 15 heavy (non-hydrogen) atoms. The first-order valence-corrected chi connectivity index (χ1v) is 5.80. The molecule has 0 aliphatic carbocycles. The quantitative estimate of drug-likeness (QED) is 0.696. The van der Waals surface area contributed by atoms with Crippen molar-refractivity contribution in [1.82, 2.24) is 10.2 Å². The van der Waals surface area contributed by atoms with Gasteiger partial charge in [0.2, 0.25) is 5.91 Å². The lowest BCUT2D eigenvalue weighted by atomic mass is 9.93. The van der Waals surface area contributed by atoms with Gasteiger partial charge in [0.1, 0.15) is 0 Å². The number of nitrogens with zero attached hydrogens (tertiary/aromatic N) is 1. The molecule has 0 bridgehead atoms. The summed E-state index contributed by atoms with van der Waals surface area (Å²) in [6.07, 6.45) is 6.18. The number of carbonyl (C=O) groups is 1. The summed E-state index contributed by atoms with van der Waals surface area (Å²) >= 11 is 0. The molecule has 1 aliphatic heterocycles. The third-order valence-corrected chi connectivity index (χ3v) is 3.05. The van der Waals surface area contributed by atoms with Gasteiger partial charge in [-0.05, 0) is 31.7 Å². The van der Waals surface area contributed by atoms with Crippen LogP contribution in [0.15, 0.2) is 12.7 Å². The van der Waals surface area contributed by atoms with E-state index in [0.717, 1.165) is 19.5 Å². The molecule has 0 radical (unpaired) electrons. The largest absolute Gasteiger partial charge is 0.359 e. The molecule has 0 aromatic rings. The van der Waals surface area contributed by atoms with Crippen LogP contribution in [-0.2, 0) is 4.79 Å². The zero-order valence-electron chi connectivity index (χ0n) is 9.67. The minimum absolute atomic E-state index is 0.163. The Labute approximate surface area is 92.5 Å². The topological polar surface area (TPSA) is 32.3 Å². The van der Waals surface area contributed by atoms with Crippen molar-refractivity contribution >= 4 is 5.91 Å². The van der Waals surface area contributed by atoms with Crippen LogP contribution in [0.5, 0.6) is 0 Å². The summed E-state index contributed by atoms with van der Waals surface area (Å²) in [7, 11) is 1.70. The summed E-state index contributed by atoms with van der Waals surface area (Å²) in [4.78, 5) is 13.5. The summed E-state index contributed by atoms with van der Waals surface area (Å²) in [5.74, 6) is 0.854. The standard InChI is InChI=1S/C12H22N2O/c1-3-8-14-9-4-5-11(10-14)6-7-12(15)13-2/h3,11H,1,4-10H2,2H3,(H,13,15). The molecule has 1 atom stereocenters. The van der Waals surface area contributed by atoms with Crippen molar-refractivity contribution in [1.29, 1.82) is 0 Å². The van der Waals surface area contributed by atoms with E-state index in [-0.39, 0.29) is 5.91 Å². The highest BCUT2D eigenvalue weighted by Crippen LogP contribution is 2.20. The molecule has 0 aromatic heterocycles. The summed E-state index contributed by atoms with van der Waals surface area (Å²) in [5, 5.41) is 2.67. The summed E-state index contributed by atoms with van der Waals surface area (Å²) in [6.45, 7) is 7.06. The lowest BCUT2D eigenvalue weighted by Gasteiger charge is -2.31. The van der Waals surface area contributed by atoms with Gasteiger partial charge >= 0.3 is 0 Å². The fraction of sp³-hybridized carbons (Fsp3) is 0.750. The van der Waals surface area contributed by atoms with Gasteiger partial charge in [-0.15, -0.1) is 6.58 Å². The molecule has 1 rings (SSSR count). The molecule has 86 valence electrons. The predicted octanol–water partition coefficient (Wildman–Crippen LogP) is 1.41. The maximum absolute atomic E-state index is 11.1. The number of likely N-dealkylation sites (tertiary alicyclic amines) is 1. The number of hydrogen-bond donors (Lipinski definition) is 1. The highest BCUT2D eigenvalue weighted by atomic mass is 16.1. The van der Waals surface area contributed by atoms with Crippen LogP contribution in [0.1, 0.15) is 25.7 Å². The third kappa shape index (κ3) is 4.47. The Balaban J connectivity index is 2.23. The highest BCUT2D eigenvalue weighted by Gasteiger charge is 2.19. The molecule has 1 fully saturated rings. The number of rotatable bonds is 5. The van der Waals surface area contributed by atoms with Crippen LogP contribution in [-0.4, -0.2) is 37.5 Å². The average molecular weight is 210 g/mol. The Kier molecular flexibility index (Phi) is 5.40. The first-order chi connectivity index (χ1) is 7.26. The highest BCUT2D eigenvalue weighted by molar-refractivity contribution is 5.75. The SMILES string of the molecule is C=CCN1CCCC(CCC(=O)NC)C1. The molecule has 1 saturated heterocycles. The van der Waals surface area contributed by atoms with Crippen molar-refractivity contribution in [2.45, 2.75) is 25.7 Å². The van der Waals surface area contributed by atoms with E-state index < -0.39 is 0 Å². The lowest BCUT2D eigenvalue weighted by molar-refractivity contribution is -0.121. The van der Waals surface area contributed by atoms with Gasteiger partial charge in [0.15, 0.2) is 0 Å². The van der Waals surface area contributed by atoms with Gasteiger partial charge in [-0.3, -0.25) is 9.69 Å². The van der Waals surface area contributed by atoms with E-state index in [9.17, 15) is 4.79 Å². The minimum Gasteiger partial charge on any atom is -0.359 e. The second-order valence-corrected chi connectivity index (χ2v) is 4.27. The molecule has 0 aromatic carbocycles. The Morgan fingerprint density at radius 1 is 1.67 bits per heavy atom. The molecular formula is C12H22N2O. The first-order valence-electron chi connectivity index (χ1n) is 5.80. The number of piperidine rings is 1. The summed E-state index contributed by atoms with van der Waals surface area (Å²) < 4.78 is 0. The van der Waals surface area contributed by atoms with Gasteiger partial charge < -0.3 is 5.32 Å². The van der Waals surface area contributed by atoms with E-state index in [4.69, 9.17) is 0 Å². The Hall–Kier alpha value is -0.830. The normalized spacial score (nSPS) is 22.3. The van der Waals surface area contributed by atoms with Crippen molar-refractivity contribution in [3.8, 4) is 0 Å². The average Bonchev–Trinajstić information content (AvgIpc) is 2.27. The molecule has 1 heterocycles. The van der Waals surface area contributed by atoms with Gasteiger partial charge in [0, 0.05) is 26.6 Å². The fourth-order valence-corrected chi connectivity index (χ4v) is 2.20. The maximum atomic E-state index is 11.1. The van der Waals surface area contributed by atoms with Gasteiger partial charge in [-0.2, -0.15) is 0 Å². The number of hydrogen-bond acceptors (Lipinski definition) is 2. The third-order valence-electron chi connectivity index (χ3n) is 3.05. The fourth-order valence-electron chi connectivity index (χ4n) is 2.20. The molecule has 1 aliphatic rings. The first kappa shape index (κ1) is 12.2. The van der Waals surface area contributed by atoms with Crippen LogP contribution in [0, 0.1) is 5.92 Å². The molecule has 0 spiro atoms. The van der Waals surface area contributed by atoms with E-state index in [1.807, 2.05) is 6.08 Å². The Morgan fingerprint density at radius 3 is 3.13 bits per heavy atom. The lowest BCUT2D eigenvalue weighted by Crippen LogP contribution is -2.35. The van der Waals surface area contributed by atoms with E-state index in [2.05, 4.69) is 16.8 Å². The van der Waals surface area contributed by atoms with Gasteiger partial charge in [0.25, 0.3) is 0 Å². The number of nitrogens with one attached hydrogen (secondary N) is 1. The molecule has 3 nitrogen and oxygen atoms in total. The van der Waals surface area contributed by atoms with Crippen LogP contribution in [0.3, 0.4) is 0 Å². The van der Waals surface area contributed by atoms with Gasteiger partial charge in [0.05, 0.1) is 0 Å². The monoisotopic (exact) mass is 210 g/mol. The second kappa shape index (κ2) is 6.62. The van der Waals surface area contributed by atoms with Crippen molar-refractivity contribution < 1.29 is 4.79 Å². The molecule has 3 heteroatoms. The predicted molar refractivity (Wildman–Crippen MR) is 62.7 cm³/mol. The second-order valence-electron chi connectivity index (χ2n) is 4.27. The zero-order valence-corrected chi connectivity index (χ0v) is 9.67. The molecular weight excluding hydrogens is 188 g/mol. The number of amides is 1. The van der Waals surface area contributed by atoms with Crippen molar-refractivity contribution in [2.24, 2.45) is 5.92 Å². The van der Waals surface area contributed by atoms with E-state index in [1.165, 1.54) is 19.4 Å². The van der Waals surface area contributed by atoms with E-state index >= 15 is 0 Å². The van der Waals surface area contributed by atoms with Crippen LogP contribution in [0.4, 0.5) is 0 Å².